The minimum absolute atomic E-state index is 0.357. The van der Waals surface area contributed by atoms with E-state index in [9.17, 15) is 9.59 Å². The maximum Gasteiger partial charge on any atom is 0.275 e. The summed E-state index contributed by atoms with van der Waals surface area (Å²) in [5, 5.41) is 0.505. The summed E-state index contributed by atoms with van der Waals surface area (Å²) in [7, 11) is 0. The van der Waals surface area contributed by atoms with Crippen molar-refractivity contribution < 1.29 is 0 Å². The molecule has 0 aliphatic heterocycles. The zero-order valence-electron chi connectivity index (χ0n) is 8.31. The number of aromatic nitrogens is 2. The van der Waals surface area contributed by atoms with Gasteiger partial charge in [-0.3, -0.25) is 14.6 Å². The third kappa shape index (κ3) is 1.10. The van der Waals surface area contributed by atoms with Crippen LogP contribution in [-0.4, -0.2) is 9.38 Å². The van der Waals surface area contributed by atoms with Crippen LogP contribution >= 0.6 is 0 Å². The highest BCUT2D eigenvalue weighted by Crippen LogP contribution is 2.09. The summed E-state index contributed by atoms with van der Waals surface area (Å²) in [6.45, 7) is 0. The molecule has 0 spiro atoms. The standard InChI is InChI=1S/C12H8N2O2/c15-11-8-4-1-2-5-9(8)14-7-3-6-10(14)12(16)13-11/h1-7H,(H,13,15,16). The molecule has 0 aliphatic rings. The predicted molar refractivity (Wildman–Crippen MR) is 61.8 cm³/mol. The summed E-state index contributed by atoms with van der Waals surface area (Å²) >= 11 is 0. The highest BCUT2D eigenvalue weighted by atomic mass is 16.2. The first-order valence-corrected chi connectivity index (χ1v) is 4.90. The summed E-state index contributed by atoms with van der Waals surface area (Å²) in [5.74, 6) is 0. The normalized spacial score (nSPS) is 11.0. The average molecular weight is 212 g/mol. The Morgan fingerprint density at radius 2 is 1.62 bits per heavy atom. The Balaban J connectivity index is 2.84. The maximum atomic E-state index is 11.7. The van der Waals surface area contributed by atoms with Crippen LogP contribution in [0.2, 0.25) is 0 Å². The second-order valence-electron chi connectivity index (χ2n) is 3.56. The van der Waals surface area contributed by atoms with Gasteiger partial charge in [-0.15, -0.1) is 0 Å². The molecule has 0 amide bonds. The smallest absolute Gasteiger partial charge is 0.275 e. The number of H-pyrrole nitrogens is 1. The van der Waals surface area contributed by atoms with Gasteiger partial charge >= 0.3 is 0 Å². The van der Waals surface area contributed by atoms with E-state index in [-0.39, 0.29) is 11.1 Å². The van der Waals surface area contributed by atoms with Gasteiger partial charge in [0.2, 0.25) is 0 Å². The van der Waals surface area contributed by atoms with E-state index >= 15 is 0 Å². The fourth-order valence-electron chi connectivity index (χ4n) is 1.89. The lowest BCUT2D eigenvalue weighted by Crippen LogP contribution is -2.13. The van der Waals surface area contributed by atoms with E-state index in [0.717, 1.165) is 5.52 Å². The summed E-state index contributed by atoms with van der Waals surface area (Å²) < 4.78 is 1.72. The number of benzene rings is 1. The van der Waals surface area contributed by atoms with Gasteiger partial charge in [-0.05, 0) is 24.3 Å². The molecule has 2 aromatic heterocycles. The molecule has 4 heteroatoms. The Morgan fingerprint density at radius 3 is 2.50 bits per heavy atom. The molecule has 0 aliphatic carbocycles. The molecule has 0 saturated carbocycles. The Morgan fingerprint density at radius 1 is 0.875 bits per heavy atom. The Bertz CT molecular complexity index is 799. The molecular weight excluding hydrogens is 204 g/mol. The van der Waals surface area contributed by atoms with Crippen molar-refractivity contribution in [1.29, 1.82) is 0 Å². The fourth-order valence-corrected chi connectivity index (χ4v) is 1.89. The third-order valence-corrected chi connectivity index (χ3v) is 2.62. The molecule has 2 heterocycles. The molecule has 16 heavy (non-hydrogen) atoms. The number of fused-ring (bicyclic) bond motifs is 3. The number of nitrogens with zero attached hydrogens (tertiary/aromatic N) is 1. The van der Waals surface area contributed by atoms with Crippen molar-refractivity contribution >= 4 is 16.4 Å². The van der Waals surface area contributed by atoms with Crippen molar-refractivity contribution in [2.45, 2.75) is 0 Å². The second-order valence-corrected chi connectivity index (χ2v) is 3.56. The lowest BCUT2D eigenvalue weighted by atomic mass is 10.2. The van der Waals surface area contributed by atoms with Crippen LogP contribution in [0, 0.1) is 0 Å². The van der Waals surface area contributed by atoms with Gasteiger partial charge in [-0.1, -0.05) is 12.1 Å². The monoisotopic (exact) mass is 212 g/mol. The van der Waals surface area contributed by atoms with Crippen LogP contribution in [0.15, 0.2) is 52.2 Å². The van der Waals surface area contributed by atoms with E-state index in [4.69, 9.17) is 0 Å². The largest absolute Gasteiger partial charge is 0.312 e. The van der Waals surface area contributed by atoms with Gasteiger partial charge in [0, 0.05) is 6.20 Å². The summed E-state index contributed by atoms with van der Waals surface area (Å²) in [4.78, 5) is 25.8. The van der Waals surface area contributed by atoms with E-state index < -0.39 is 0 Å². The zero-order valence-corrected chi connectivity index (χ0v) is 8.31. The van der Waals surface area contributed by atoms with Gasteiger partial charge in [0.15, 0.2) is 0 Å². The quantitative estimate of drug-likeness (QED) is 0.607. The molecular formula is C12H8N2O2. The van der Waals surface area contributed by atoms with Crippen LogP contribution in [0.5, 0.6) is 0 Å². The van der Waals surface area contributed by atoms with Gasteiger partial charge < -0.3 is 4.40 Å². The molecule has 1 N–H and O–H groups in total. The van der Waals surface area contributed by atoms with Gasteiger partial charge in [-0.25, -0.2) is 0 Å². The molecule has 4 nitrogen and oxygen atoms in total. The second kappa shape index (κ2) is 3.06. The molecule has 0 bridgehead atoms. The predicted octanol–water partition coefficient (Wildman–Crippen LogP) is 1.14. The number of aromatic amines is 1. The molecule has 0 fully saturated rings. The van der Waals surface area contributed by atoms with Gasteiger partial charge in [0.25, 0.3) is 11.1 Å². The van der Waals surface area contributed by atoms with E-state index in [2.05, 4.69) is 4.98 Å². The van der Waals surface area contributed by atoms with Crippen molar-refractivity contribution in [2.75, 3.05) is 0 Å². The van der Waals surface area contributed by atoms with Crippen LogP contribution in [0.25, 0.3) is 16.4 Å². The van der Waals surface area contributed by atoms with Gasteiger partial charge in [0.1, 0.15) is 5.52 Å². The highest BCUT2D eigenvalue weighted by Gasteiger charge is 2.03. The maximum absolute atomic E-state index is 11.7. The molecule has 0 unspecified atom stereocenters. The number of para-hydroxylation sites is 1. The minimum Gasteiger partial charge on any atom is -0.312 e. The van der Waals surface area contributed by atoms with Crippen molar-refractivity contribution in [3.8, 4) is 0 Å². The van der Waals surface area contributed by atoms with E-state index in [0.29, 0.717) is 10.9 Å². The third-order valence-electron chi connectivity index (χ3n) is 2.62. The first-order chi connectivity index (χ1) is 7.77. The number of hydrogen-bond acceptors (Lipinski definition) is 2. The lowest BCUT2D eigenvalue weighted by molar-refractivity contribution is 1.21. The first kappa shape index (κ1) is 8.91. The number of rotatable bonds is 0. The Kier molecular flexibility index (Phi) is 1.71. The lowest BCUT2D eigenvalue weighted by Gasteiger charge is -1.93. The van der Waals surface area contributed by atoms with Crippen LogP contribution in [0.1, 0.15) is 0 Å². The average Bonchev–Trinajstić information content (AvgIpc) is 2.74. The molecule has 0 radical (unpaired) electrons. The van der Waals surface area contributed by atoms with Crippen LogP contribution in [-0.2, 0) is 0 Å². The first-order valence-electron chi connectivity index (χ1n) is 4.90. The topological polar surface area (TPSA) is 54.3 Å². The minimum atomic E-state index is -0.369. The Labute approximate surface area is 89.8 Å². The van der Waals surface area contributed by atoms with E-state index in [1.54, 1.807) is 34.9 Å². The summed E-state index contributed by atoms with van der Waals surface area (Å²) in [6, 6.07) is 10.6. The molecule has 3 rings (SSSR count). The zero-order chi connectivity index (χ0) is 11.1. The highest BCUT2D eigenvalue weighted by molar-refractivity contribution is 5.79. The van der Waals surface area contributed by atoms with E-state index in [1.807, 2.05) is 12.1 Å². The Hall–Kier alpha value is -2.36. The van der Waals surface area contributed by atoms with Crippen molar-refractivity contribution in [1.82, 2.24) is 9.38 Å². The molecule has 0 saturated heterocycles. The molecule has 0 atom stereocenters. The molecule has 3 aromatic rings. The molecule has 1 aromatic carbocycles. The van der Waals surface area contributed by atoms with Crippen LogP contribution in [0.3, 0.4) is 0 Å². The number of nitrogens with one attached hydrogen (secondary N) is 1. The van der Waals surface area contributed by atoms with E-state index in [1.165, 1.54) is 0 Å². The van der Waals surface area contributed by atoms with Gasteiger partial charge in [-0.2, -0.15) is 0 Å². The molecule has 78 valence electrons. The fraction of sp³-hybridized carbons (Fsp3) is 0. The van der Waals surface area contributed by atoms with Crippen molar-refractivity contribution in [3.63, 3.8) is 0 Å². The number of hydrogen-bond donors (Lipinski definition) is 1. The summed E-state index contributed by atoms with van der Waals surface area (Å²) in [5.41, 5.74) is 0.472. The van der Waals surface area contributed by atoms with Crippen molar-refractivity contribution in [2.24, 2.45) is 0 Å². The van der Waals surface area contributed by atoms with Crippen LogP contribution in [0.4, 0.5) is 0 Å². The SMILES string of the molecule is O=c1[nH]c(=O)c2cccn2c2ccccc12. The van der Waals surface area contributed by atoms with Gasteiger partial charge in [0.05, 0.1) is 10.9 Å². The van der Waals surface area contributed by atoms with Crippen molar-refractivity contribution in [3.05, 3.63) is 63.3 Å². The van der Waals surface area contributed by atoms with Crippen LogP contribution < -0.4 is 11.1 Å². The summed E-state index contributed by atoms with van der Waals surface area (Å²) in [6.07, 6.45) is 1.77.